The van der Waals surface area contributed by atoms with Crippen molar-refractivity contribution in [2.24, 2.45) is 0 Å². The molecule has 4 nitrogen and oxygen atoms in total. The quantitative estimate of drug-likeness (QED) is 0.738. The van der Waals surface area contributed by atoms with Gasteiger partial charge in [-0.05, 0) is 24.6 Å². The molecule has 1 aromatic heterocycles. The molecule has 106 valence electrons. The summed E-state index contributed by atoms with van der Waals surface area (Å²) in [7, 11) is 0. The average molecular weight is 280 g/mol. The van der Waals surface area contributed by atoms with Crippen molar-refractivity contribution in [1.29, 1.82) is 0 Å². The van der Waals surface area contributed by atoms with Crippen molar-refractivity contribution in [1.82, 2.24) is 9.78 Å². The summed E-state index contributed by atoms with van der Waals surface area (Å²) >= 11 is 0. The fourth-order valence-corrected chi connectivity index (χ4v) is 2.31. The first-order valence-corrected chi connectivity index (χ1v) is 6.96. The lowest BCUT2D eigenvalue weighted by atomic mass is 10.2. The molecule has 2 aromatic carbocycles. The van der Waals surface area contributed by atoms with E-state index in [-0.39, 0.29) is 5.56 Å². The second-order valence-electron chi connectivity index (χ2n) is 4.73. The van der Waals surface area contributed by atoms with Gasteiger partial charge < -0.3 is 4.74 Å². The molecule has 0 aliphatic rings. The predicted molar refractivity (Wildman–Crippen MR) is 82.7 cm³/mol. The van der Waals surface area contributed by atoms with Gasteiger partial charge in [-0.15, -0.1) is 5.10 Å². The smallest absolute Gasteiger partial charge is 0.275 e. The van der Waals surface area contributed by atoms with Crippen LogP contribution in [0.5, 0.6) is 5.88 Å². The van der Waals surface area contributed by atoms with Gasteiger partial charge in [0.2, 0.25) is 5.88 Å². The van der Waals surface area contributed by atoms with Crippen LogP contribution in [-0.4, -0.2) is 16.4 Å². The van der Waals surface area contributed by atoms with Gasteiger partial charge in [0.1, 0.15) is 0 Å². The monoisotopic (exact) mass is 280 g/mol. The highest BCUT2D eigenvalue weighted by atomic mass is 16.5. The number of ether oxygens (including phenoxy) is 1. The van der Waals surface area contributed by atoms with Crippen LogP contribution in [0.2, 0.25) is 0 Å². The molecule has 0 unspecified atom stereocenters. The van der Waals surface area contributed by atoms with E-state index in [9.17, 15) is 4.79 Å². The minimum atomic E-state index is -0.0992. The molecular weight excluding hydrogens is 264 g/mol. The molecule has 0 radical (unpaired) electrons. The molecule has 0 N–H and O–H groups in total. The zero-order chi connectivity index (χ0) is 14.7. The van der Waals surface area contributed by atoms with Crippen LogP contribution in [0, 0.1) is 0 Å². The van der Waals surface area contributed by atoms with Crippen LogP contribution in [-0.2, 0) is 6.54 Å². The number of benzene rings is 2. The van der Waals surface area contributed by atoms with Crippen molar-refractivity contribution in [3.63, 3.8) is 0 Å². The Kier molecular flexibility index (Phi) is 3.69. The highest BCUT2D eigenvalue weighted by molar-refractivity contribution is 5.85. The molecular formula is C17H16N2O2. The van der Waals surface area contributed by atoms with E-state index in [1.807, 2.05) is 61.5 Å². The first kappa shape index (κ1) is 13.4. The first-order valence-electron chi connectivity index (χ1n) is 6.96. The normalized spacial score (nSPS) is 10.7. The van der Waals surface area contributed by atoms with Crippen LogP contribution < -0.4 is 10.3 Å². The number of hydrogen-bond acceptors (Lipinski definition) is 3. The minimum Gasteiger partial charge on any atom is -0.477 e. The van der Waals surface area contributed by atoms with E-state index in [0.29, 0.717) is 24.4 Å². The second kappa shape index (κ2) is 5.79. The van der Waals surface area contributed by atoms with E-state index in [1.165, 1.54) is 4.68 Å². The van der Waals surface area contributed by atoms with Gasteiger partial charge in [0.25, 0.3) is 5.56 Å². The molecule has 0 amide bonds. The van der Waals surface area contributed by atoms with Gasteiger partial charge in [0.15, 0.2) is 0 Å². The number of rotatable bonds is 4. The Morgan fingerprint density at radius 1 is 1.00 bits per heavy atom. The largest absolute Gasteiger partial charge is 0.477 e. The van der Waals surface area contributed by atoms with Crippen LogP contribution in [0.3, 0.4) is 0 Å². The van der Waals surface area contributed by atoms with Gasteiger partial charge in [0.05, 0.1) is 23.9 Å². The van der Waals surface area contributed by atoms with Gasteiger partial charge in [-0.2, -0.15) is 0 Å². The van der Waals surface area contributed by atoms with Crippen LogP contribution in [0.4, 0.5) is 0 Å². The summed E-state index contributed by atoms with van der Waals surface area (Å²) in [6.45, 7) is 2.86. The standard InChI is InChI=1S/C17H16N2O2/c1-2-21-16-14-10-6-7-11-15(14)17(20)19(18-16)12-13-8-4-3-5-9-13/h3-11H,2,12H2,1H3. The van der Waals surface area contributed by atoms with E-state index in [0.717, 1.165) is 10.9 Å². The fraction of sp³-hybridized carbons (Fsp3) is 0.176. The zero-order valence-corrected chi connectivity index (χ0v) is 11.8. The van der Waals surface area contributed by atoms with Gasteiger partial charge in [-0.25, -0.2) is 4.68 Å². The third-order valence-corrected chi connectivity index (χ3v) is 3.29. The molecule has 3 aromatic rings. The lowest BCUT2D eigenvalue weighted by molar-refractivity contribution is 0.320. The van der Waals surface area contributed by atoms with Gasteiger partial charge in [0, 0.05) is 0 Å². The maximum atomic E-state index is 12.5. The molecule has 0 saturated carbocycles. The highest BCUT2D eigenvalue weighted by Gasteiger charge is 2.11. The molecule has 0 atom stereocenters. The summed E-state index contributed by atoms with van der Waals surface area (Å²) < 4.78 is 7.04. The first-order chi connectivity index (χ1) is 10.3. The average Bonchev–Trinajstić information content (AvgIpc) is 2.53. The molecule has 4 heteroatoms. The van der Waals surface area contributed by atoms with Crippen LogP contribution in [0.25, 0.3) is 10.8 Å². The van der Waals surface area contributed by atoms with E-state index in [4.69, 9.17) is 4.74 Å². The number of nitrogens with zero attached hydrogens (tertiary/aromatic N) is 2. The summed E-state index contributed by atoms with van der Waals surface area (Å²) in [5, 5.41) is 5.76. The van der Waals surface area contributed by atoms with Crippen LogP contribution >= 0.6 is 0 Å². The summed E-state index contributed by atoms with van der Waals surface area (Å²) in [5.41, 5.74) is 0.933. The molecule has 0 saturated heterocycles. The third-order valence-electron chi connectivity index (χ3n) is 3.29. The summed E-state index contributed by atoms with van der Waals surface area (Å²) in [4.78, 5) is 12.5. The Hall–Kier alpha value is -2.62. The molecule has 0 fully saturated rings. The van der Waals surface area contributed by atoms with E-state index in [2.05, 4.69) is 5.10 Å². The summed E-state index contributed by atoms with van der Waals surface area (Å²) in [6, 6.07) is 17.2. The maximum absolute atomic E-state index is 12.5. The van der Waals surface area contributed by atoms with Crippen molar-refractivity contribution >= 4 is 10.8 Å². The van der Waals surface area contributed by atoms with Crippen molar-refractivity contribution in [2.45, 2.75) is 13.5 Å². The Morgan fingerprint density at radius 3 is 2.38 bits per heavy atom. The maximum Gasteiger partial charge on any atom is 0.275 e. The molecule has 0 spiro atoms. The third kappa shape index (κ3) is 2.65. The Balaban J connectivity index is 2.14. The van der Waals surface area contributed by atoms with E-state index >= 15 is 0 Å². The highest BCUT2D eigenvalue weighted by Crippen LogP contribution is 2.20. The molecule has 0 aliphatic carbocycles. The van der Waals surface area contributed by atoms with Crippen molar-refractivity contribution in [3.8, 4) is 5.88 Å². The molecule has 3 rings (SSSR count). The number of hydrogen-bond donors (Lipinski definition) is 0. The van der Waals surface area contributed by atoms with Gasteiger partial charge in [-0.1, -0.05) is 42.5 Å². The molecule has 21 heavy (non-hydrogen) atoms. The molecule has 0 aliphatic heterocycles. The van der Waals surface area contributed by atoms with Crippen molar-refractivity contribution < 1.29 is 4.74 Å². The van der Waals surface area contributed by atoms with Crippen LogP contribution in [0.1, 0.15) is 12.5 Å². The minimum absolute atomic E-state index is 0.0992. The Bertz CT molecular complexity index is 810. The van der Waals surface area contributed by atoms with Gasteiger partial charge in [-0.3, -0.25) is 4.79 Å². The topological polar surface area (TPSA) is 44.1 Å². The Labute approximate surface area is 122 Å². The zero-order valence-electron chi connectivity index (χ0n) is 11.8. The molecule has 1 heterocycles. The second-order valence-corrected chi connectivity index (χ2v) is 4.73. The predicted octanol–water partition coefficient (Wildman–Crippen LogP) is 2.84. The van der Waals surface area contributed by atoms with Crippen molar-refractivity contribution in [3.05, 3.63) is 70.5 Å². The SMILES string of the molecule is CCOc1nn(Cc2ccccc2)c(=O)c2ccccc12. The lowest BCUT2D eigenvalue weighted by Gasteiger charge is -2.11. The van der Waals surface area contributed by atoms with Crippen molar-refractivity contribution in [2.75, 3.05) is 6.61 Å². The summed E-state index contributed by atoms with van der Waals surface area (Å²) in [6.07, 6.45) is 0. The van der Waals surface area contributed by atoms with Gasteiger partial charge >= 0.3 is 0 Å². The number of aromatic nitrogens is 2. The lowest BCUT2D eigenvalue weighted by Crippen LogP contribution is -2.24. The van der Waals surface area contributed by atoms with Crippen LogP contribution in [0.15, 0.2) is 59.4 Å². The van der Waals surface area contributed by atoms with E-state index < -0.39 is 0 Å². The summed E-state index contributed by atoms with van der Waals surface area (Å²) in [5.74, 6) is 0.503. The van der Waals surface area contributed by atoms with E-state index in [1.54, 1.807) is 0 Å². The Morgan fingerprint density at radius 2 is 1.67 bits per heavy atom. The number of fused-ring (bicyclic) bond motifs is 1. The molecule has 0 bridgehead atoms. The fourth-order valence-electron chi connectivity index (χ4n) is 2.31.